The first-order valence-corrected chi connectivity index (χ1v) is 5.46. The van der Waals surface area contributed by atoms with Gasteiger partial charge in [0.25, 0.3) is 0 Å². The number of benzene rings is 1. The van der Waals surface area contributed by atoms with E-state index >= 15 is 0 Å². The molecule has 0 spiro atoms. The number of rotatable bonds is 4. The van der Waals surface area contributed by atoms with Gasteiger partial charge in [0.05, 0.1) is 0 Å². The van der Waals surface area contributed by atoms with Crippen molar-refractivity contribution in [3.05, 3.63) is 33.8 Å². The molecule has 4 heteroatoms. The molecule has 3 nitrogen and oxygen atoms in total. The summed E-state index contributed by atoms with van der Waals surface area (Å²) in [5, 5.41) is 9.01. The van der Waals surface area contributed by atoms with Crippen molar-refractivity contribution in [3.63, 3.8) is 0 Å². The van der Waals surface area contributed by atoms with Crippen LogP contribution in [0.4, 0.5) is 0 Å². The number of carboxylic acid groups (broad SMARTS) is 1. The summed E-state index contributed by atoms with van der Waals surface area (Å²) in [5.74, 6) is -0.971. The van der Waals surface area contributed by atoms with Crippen LogP contribution < -0.4 is 0 Å². The van der Waals surface area contributed by atoms with Gasteiger partial charge in [-0.25, -0.2) is 4.79 Å². The molecule has 0 fully saturated rings. The average Bonchev–Trinajstić information content (AvgIpc) is 2.15. The summed E-state index contributed by atoms with van der Waals surface area (Å²) < 4.78 is 5.95. The van der Waals surface area contributed by atoms with Gasteiger partial charge in [-0.3, -0.25) is 0 Å². The number of aryl methyl sites for hydroxylation is 1. The minimum absolute atomic E-state index is 0.372. The van der Waals surface area contributed by atoms with Crippen molar-refractivity contribution >= 4 is 21.9 Å². The zero-order chi connectivity index (χ0) is 11.4. The maximum Gasteiger partial charge on any atom is 0.337 e. The molecule has 0 aliphatic rings. The predicted molar refractivity (Wildman–Crippen MR) is 60.9 cm³/mol. The highest BCUT2D eigenvalue weighted by molar-refractivity contribution is 9.10. The maximum absolute atomic E-state index is 11.0. The lowest BCUT2D eigenvalue weighted by Gasteiger charge is -2.14. The van der Waals surface area contributed by atoms with Crippen molar-refractivity contribution in [3.8, 4) is 0 Å². The minimum Gasteiger partial charge on any atom is -0.479 e. The Morgan fingerprint density at radius 3 is 2.73 bits per heavy atom. The number of carbonyl (C=O) groups is 1. The first kappa shape index (κ1) is 12.2. The van der Waals surface area contributed by atoms with Crippen LogP contribution in [-0.4, -0.2) is 17.7 Å². The quantitative estimate of drug-likeness (QED) is 0.917. The van der Waals surface area contributed by atoms with Crippen LogP contribution in [0.25, 0.3) is 0 Å². The molecule has 0 bridgehead atoms. The van der Waals surface area contributed by atoms with E-state index in [1.165, 1.54) is 0 Å². The Balaban J connectivity index is 3.05. The molecule has 1 atom stereocenters. The highest BCUT2D eigenvalue weighted by Gasteiger charge is 2.22. The van der Waals surface area contributed by atoms with E-state index in [2.05, 4.69) is 15.9 Å². The average molecular weight is 273 g/mol. The normalized spacial score (nSPS) is 12.5. The summed E-state index contributed by atoms with van der Waals surface area (Å²) >= 11 is 3.34. The molecule has 0 amide bonds. The van der Waals surface area contributed by atoms with Gasteiger partial charge in [0.2, 0.25) is 0 Å². The third kappa shape index (κ3) is 3.04. The van der Waals surface area contributed by atoms with Gasteiger partial charge in [0.1, 0.15) is 0 Å². The molecular formula is C11H13BrO3. The topological polar surface area (TPSA) is 46.5 Å². The number of aliphatic carboxylic acids is 1. The molecule has 1 N–H and O–H groups in total. The summed E-state index contributed by atoms with van der Waals surface area (Å²) in [6.45, 7) is 4.10. The van der Waals surface area contributed by atoms with E-state index in [1.54, 1.807) is 13.0 Å². The van der Waals surface area contributed by atoms with E-state index in [0.29, 0.717) is 12.2 Å². The molecule has 0 aliphatic heterocycles. The molecule has 0 radical (unpaired) electrons. The Kier molecular flexibility index (Phi) is 4.29. The monoisotopic (exact) mass is 272 g/mol. The van der Waals surface area contributed by atoms with Gasteiger partial charge in [-0.05, 0) is 25.5 Å². The first-order valence-electron chi connectivity index (χ1n) is 4.66. The molecule has 1 unspecified atom stereocenters. The van der Waals surface area contributed by atoms with Crippen molar-refractivity contribution in [2.24, 2.45) is 0 Å². The fourth-order valence-electron chi connectivity index (χ4n) is 1.31. The van der Waals surface area contributed by atoms with Crippen LogP contribution in [0.1, 0.15) is 24.2 Å². The highest BCUT2D eigenvalue weighted by Crippen LogP contribution is 2.27. The lowest BCUT2D eigenvalue weighted by Crippen LogP contribution is -2.15. The highest BCUT2D eigenvalue weighted by atomic mass is 79.9. The smallest absolute Gasteiger partial charge is 0.337 e. The third-order valence-corrected chi connectivity index (χ3v) is 2.68. The van der Waals surface area contributed by atoms with Crippen molar-refractivity contribution in [1.29, 1.82) is 0 Å². The van der Waals surface area contributed by atoms with E-state index in [-0.39, 0.29) is 0 Å². The van der Waals surface area contributed by atoms with Crippen LogP contribution in [0.15, 0.2) is 22.7 Å². The Morgan fingerprint density at radius 2 is 2.27 bits per heavy atom. The fourth-order valence-corrected chi connectivity index (χ4v) is 2.01. The SMILES string of the molecule is CCOC(C(=O)O)c1ccc(C)cc1Br. The maximum atomic E-state index is 11.0. The van der Waals surface area contributed by atoms with Crippen molar-refractivity contribution < 1.29 is 14.6 Å². The van der Waals surface area contributed by atoms with Crippen LogP contribution >= 0.6 is 15.9 Å². The zero-order valence-corrected chi connectivity index (χ0v) is 10.2. The van der Waals surface area contributed by atoms with Crippen LogP contribution in [0, 0.1) is 6.92 Å². The van der Waals surface area contributed by atoms with Crippen molar-refractivity contribution in [1.82, 2.24) is 0 Å². The molecule has 0 aromatic heterocycles. The molecule has 1 aromatic rings. The number of ether oxygens (including phenoxy) is 1. The fraction of sp³-hybridized carbons (Fsp3) is 0.364. The van der Waals surface area contributed by atoms with Crippen LogP contribution in [-0.2, 0) is 9.53 Å². The molecule has 1 aromatic carbocycles. The van der Waals surface area contributed by atoms with Crippen molar-refractivity contribution in [2.75, 3.05) is 6.61 Å². The molecule has 1 rings (SSSR count). The minimum atomic E-state index is -0.971. The lowest BCUT2D eigenvalue weighted by atomic mass is 10.1. The summed E-state index contributed by atoms with van der Waals surface area (Å²) in [6.07, 6.45) is -0.898. The van der Waals surface area contributed by atoms with E-state index in [9.17, 15) is 4.79 Å². The first-order chi connectivity index (χ1) is 7.06. The van der Waals surface area contributed by atoms with E-state index < -0.39 is 12.1 Å². The molecule has 15 heavy (non-hydrogen) atoms. The number of halogens is 1. The van der Waals surface area contributed by atoms with Gasteiger partial charge in [-0.2, -0.15) is 0 Å². The van der Waals surface area contributed by atoms with Crippen LogP contribution in [0.3, 0.4) is 0 Å². The Morgan fingerprint density at radius 1 is 1.60 bits per heavy atom. The van der Waals surface area contributed by atoms with Gasteiger partial charge < -0.3 is 9.84 Å². The second kappa shape index (κ2) is 5.28. The molecule has 0 aliphatic carbocycles. The van der Waals surface area contributed by atoms with Gasteiger partial charge in [0, 0.05) is 16.6 Å². The van der Waals surface area contributed by atoms with E-state index in [4.69, 9.17) is 9.84 Å². The standard InChI is InChI=1S/C11H13BrO3/c1-3-15-10(11(13)14)8-5-4-7(2)6-9(8)12/h4-6,10H,3H2,1-2H3,(H,13,14). The van der Waals surface area contributed by atoms with Crippen molar-refractivity contribution in [2.45, 2.75) is 20.0 Å². The van der Waals surface area contributed by atoms with Crippen LogP contribution in [0.5, 0.6) is 0 Å². The molecule has 0 saturated carbocycles. The Labute approximate surface area is 97.2 Å². The van der Waals surface area contributed by atoms with Gasteiger partial charge in [-0.1, -0.05) is 28.1 Å². The summed E-state index contributed by atoms with van der Waals surface area (Å²) in [4.78, 5) is 11.0. The van der Waals surface area contributed by atoms with Gasteiger partial charge >= 0.3 is 5.97 Å². The summed E-state index contributed by atoms with van der Waals surface area (Å²) in [5.41, 5.74) is 1.72. The van der Waals surface area contributed by atoms with Gasteiger partial charge in [0.15, 0.2) is 6.10 Å². The van der Waals surface area contributed by atoms with Gasteiger partial charge in [-0.15, -0.1) is 0 Å². The lowest BCUT2D eigenvalue weighted by molar-refractivity contribution is -0.150. The second-order valence-corrected chi connectivity index (χ2v) is 4.05. The molecule has 0 saturated heterocycles. The van der Waals surface area contributed by atoms with Crippen LogP contribution in [0.2, 0.25) is 0 Å². The number of hydrogen-bond donors (Lipinski definition) is 1. The zero-order valence-electron chi connectivity index (χ0n) is 8.66. The van der Waals surface area contributed by atoms with E-state index in [0.717, 1.165) is 10.0 Å². The largest absolute Gasteiger partial charge is 0.479 e. The predicted octanol–water partition coefficient (Wildman–Crippen LogP) is 2.92. The number of hydrogen-bond acceptors (Lipinski definition) is 2. The molecular weight excluding hydrogens is 260 g/mol. The summed E-state index contributed by atoms with van der Waals surface area (Å²) in [6, 6.07) is 5.52. The summed E-state index contributed by atoms with van der Waals surface area (Å²) in [7, 11) is 0. The second-order valence-electron chi connectivity index (χ2n) is 3.20. The Hall–Kier alpha value is -0.870. The Bertz CT molecular complexity index is 363. The number of carboxylic acids is 1. The molecule has 82 valence electrons. The molecule has 0 heterocycles. The van der Waals surface area contributed by atoms with E-state index in [1.807, 2.05) is 19.1 Å². The third-order valence-electron chi connectivity index (χ3n) is 2.00.